The Bertz CT molecular complexity index is 485. The van der Waals surface area contributed by atoms with Crippen LogP contribution in [-0.4, -0.2) is 18.1 Å². The van der Waals surface area contributed by atoms with Gasteiger partial charge in [-0.1, -0.05) is 25.1 Å². The van der Waals surface area contributed by atoms with E-state index in [4.69, 9.17) is 4.74 Å². The van der Waals surface area contributed by atoms with E-state index < -0.39 is 0 Å². The van der Waals surface area contributed by atoms with Crippen LogP contribution < -0.4 is 10.1 Å². The van der Waals surface area contributed by atoms with Gasteiger partial charge in [-0.05, 0) is 36.2 Å². The number of ether oxygens (including phenoxy) is 1. The molecular formula is C16H20N2O. The van der Waals surface area contributed by atoms with Gasteiger partial charge in [0.1, 0.15) is 12.4 Å². The van der Waals surface area contributed by atoms with E-state index in [1.54, 1.807) is 0 Å². The van der Waals surface area contributed by atoms with E-state index in [2.05, 4.69) is 29.4 Å². The van der Waals surface area contributed by atoms with Gasteiger partial charge in [0, 0.05) is 19.3 Å². The summed E-state index contributed by atoms with van der Waals surface area (Å²) in [6.07, 6.45) is 2.85. The first-order valence-corrected chi connectivity index (χ1v) is 6.71. The fourth-order valence-corrected chi connectivity index (χ4v) is 1.82. The number of rotatable bonds is 7. The van der Waals surface area contributed by atoms with Crippen molar-refractivity contribution in [2.75, 3.05) is 13.2 Å². The molecule has 0 aliphatic heterocycles. The van der Waals surface area contributed by atoms with Gasteiger partial charge in [-0.25, -0.2) is 0 Å². The summed E-state index contributed by atoms with van der Waals surface area (Å²) in [7, 11) is 0. The Labute approximate surface area is 114 Å². The molecular weight excluding hydrogens is 236 g/mol. The number of aryl methyl sites for hydroxylation is 1. The molecule has 2 rings (SSSR count). The van der Waals surface area contributed by atoms with Gasteiger partial charge in [0.05, 0.1) is 5.69 Å². The highest BCUT2D eigenvalue weighted by Crippen LogP contribution is 2.13. The van der Waals surface area contributed by atoms with Crippen LogP contribution in [-0.2, 0) is 13.0 Å². The number of nitrogens with one attached hydrogen (secondary N) is 1. The van der Waals surface area contributed by atoms with Gasteiger partial charge in [-0.15, -0.1) is 0 Å². The molecule has 0 aliphatic rings. The van der Waals surface area contributed by atoms with E-state index in [-0.39, 0.29) is 0 Å². The van der Waals surface area contributed by atoms with E-state index in [0.717, 1.165) is 31.0 Å². The number of benzene rings is 1. The number of hydrogen-bond acceptors (Lipinski definition) is 3. The fraction of sp³-hybridized carbons (Fsp3) is 0.312. The van der Waals surface area contributed by atoms with Crippen molar-refractivity contribution in [1.29, 1.82) is 0 Å². The Morgan fingerprint density at radius 3 is 2.89 bits per heavy atom. The molecule has 1 heterocycles. The maximum absolute atomic E-state index is 5.70. The van der Waals surface area contributed by atoms with Crippen LogP contribution in [0.5, 0.6) is 5.75 Å². The van der Waals surface area contributed by atoms with Crippen molar-refractivity contribution < 1.29 is 4.74 Å². The molecule has 0 saturated heterocycles. The Morgan fingerprint density at radius 1 is 1.16 bits per heavy atom. The van der Waals surface area contributed by atoms with E-state index in [9.17, 15) is 0 Å². The summed E-state index contributed by atoms with van der Waals surface area (Å²) >= 11 is 0. The van der Waals surface area contributed by atoms with E-state index in [1.807, 2.05) is 36.5 Å². The third kappa shape index (κ3) is 4.72. The van der Waals surface area contributed by atoms with Crippen molar-refractivity contribution in [2.45, 2.75) is 19.9 Å². The smallest absolute Gasteiger partial charge is 0.119 e. The largest absolute Gasteiger partial charge is 0.492 e. The van der Waals surface area contributed by atoms with Gasteiger partial charge in [-0.2, -0.15) is 0 Å². The second-order valence-corrected chi connectivity index (χ2v) is 4.35. The van der Waals surface area contributed by atoms with Crippen LogP contribution in [0.25, 0.3) is 0 Å². The van der Waals surface area contributed by atoms with Crippen LogP contribution in [0.1, 0.15) is 18.2 Å². The molecule has 19 heavy (non-hydrogen) atoms. The maximum atomic E-state index is 5.70. The summed E-state index contributed by atoms with van der Waals surface area (Å²) in [4.78, 5) is 4.25. The second-order valence-electron chi connectivity index (χ2n) is 4.35. The lowest BCUT2D eigenvalue weighted by Gasteiger charge is -2.08. The highest BCUT2D eigenvalue weighted by Gasteiger charge is 1.96. The van der Waals surface area contributed by atoms with Crippen molar-refractivity contribution in [2.24, 2.45) is 0 Å². The van der Waals surface area contributed by atoms with Crippen molar-refractivity contribution >= 4 is 0 Å². The van der Waals surface area contributed by atoms with Crippen molar-refractivity contribution in [3.8, 4) is 5.75 Å². The molecule has 1 aromatic carbocycles. The highest BCUT2D eigenvalue weighted by molar-refractivity contribution is 5.28. The van der Waals surface area contributed by atoms with E-state index in [0.29, 0.717) is 6.61 Å². The minimum atomic E-state index is 0.667. The number of aromatic nitrogens is 1. The van der Waals surface area contributed by atoms with Crippen molar-refractivity contribution in [1.82, 2.24) is 10.3 Å². The van der Waals surface area contributed by atoms with Gasteiger partial charge in [0.15, 0.2) is 0 Å². The lowest BCUT2D eigenvalue weighted by atomic mass is 10.2. The van der Waals surface area contributed by atoms with Gasteiger partial charge >= 0.3 is 0 Å². The number of hydrogen-bond donors (Lipinski definition) is 1. The molecule has 0 aliphatic carbocycles. The predicted molar refractivity (Wildman–Crippen MR) is 77.3 cm³/mol. The first-order valence-electron chi connectivity index (χ1n) is 6.71. The lowest BCUT2D eigenvalue weighted by Crippen LogP contribution is -2.21. The molecule has 0 radical (unpaired) electrons. The summed E-state index contributed by atoms with van der Waals surface area (Å²) in [5.74, 6) is 0.944. The van der Waals surface area contributed by atoms with Crippen LogP contribution in [0.3, 0.4) is 0 Å². The number of pyridine rings is 1. The zero-order chi connectivity index (χ0) is 13.3. The Kier molecular flexibility index (Phi) is 5.38. The molecule has 0 fully saturated rings. The van der Waals surface area contributed by atoms with Crippen LogP contribution >= 0.6 is 0 Å². The average molecular weight is 256 g/mol. The van der Waals surface area contributed by atoms with Gasteiger partial charge < -0.3 is 10.1 Å². The summed E-state index contributed by atoms with van der Waals surface area (Å²) in [5.41, 5.74) is 2.36. The molecule has 0 atom stereocenters. The summed E-state index contributed by atoms with van der Waals surface area (Å²) in [6, 6.07) is 14.2. The van der Waals surface area contributed by atoms with Crippen LogP contribution in [0.4, 0.5) is 0 Å². The summed E-state index contributed by atoms with van der Waals surface area (Å²) in [6.45, 7) is 4.40. The van der Waals surface area contributed by atoms with Crippen molar-refractivity contribution in [3.63, 3.8) is 0 Å². The quantitative estimate of drug-likeness (QED) is 0.773. The molecule has 100 valence electrons. The summed E-state index contributed by atoms with van der Waals surface area (Å²) in [5, 5.41) is 3.31. The second kappa shape index (κ2) is 7.54. The Hall–Kier alpha value is -1.87. The molecule has 2 aromatic rings. The normalized spacial score (nSPS) is 10.4. The first kappa shape index (κ1) is 13.6. The monoisotopic (exact) mass is 256 g/mol. The topological polar surface area (TPSA) is 34.1 Å². The van der Waals surface area contributed by atoms with Crippen molar-refractivity contribution in [3.05, 3.63) is 59.9 Å². The van der Waals surface area contributed by atoms with Gasteiger partial charge in [0.25, 0.3) is 0 Å². The molecule has 3 nitrogen and oxygen atoms in total. The van der Waals surface area contributed by atoms with Crippen LogP contribution in [0, 0.1) is 0 Å². The fourth-order valence-electron chi connectivity index (χ4n) is 1.82. The molecule has 1 N–H and O–H groups in total. The predicted octanol–water partition coefficient (Wildman–Crippen LogP) is 2.81. The molecule has 3 heteroatoms. The average Bonchev–Trinajstić information content (AvgIpc) is 2.48. The zero-order valence-electron chi connectivity index (χ0n) is 11.3. The first-order chi connectivity index (χ1) is 9.38. The molecule has 1 aromatic heterocycles. The maximum Gasteiger partial charge on any atom is 0.119 e. The number of nitrogens with zero attached hydrogens (tertiary/aromatic N) is 1. The van der Waals surface area contributed by atoms with Crippen LogP contribution in [0.15, 0.2) is 48.7 Å². The minimum absolute atomic E-state index is 0.667. The van der Waals surface area contributed by atoms with E-state index >= 15 is 0 Å². The summed E-state index contributed by atoms with van der Waals surface area (Å²) < 4.78 is 5.70. The SMILES string of the molecule is CCc1cccc(OCCNCc2ccccn2)c1. The third-order valence-electron chi connectivity index (χ3n) is 2.89. The van der Waals surface area contributed by atoms with Crippen LogP contribution in [0.2, 0.25) is 0 Å². The minimum Gasteiger partial charge on any atom is -0.492 e. The molecule has 0 spiro atoms. The standard InChI is InChI=1S/C16H20N2O/c1-2-14-6-5-8-16(12-14)19-11-10-17-13-15-7-3-4-9-18-15/h3-9,12,17H,2,10-11,13H2,1H3. The van der Waals surface area contributed by atoms with Gasteiger partial charge in [0.2, 0.25) is 0 Å². The van der Waals surface area contributed by atoms with Gasteiger partial charge in [-0.3, -0.25) is 4.98 Å². The van der Waals surface area contributed by atoms with E-state index in [1.165, 1.54) is 5.56 Å². The molecule has 0 amide bonds. The highest BCUT2D eigenvalue weighted by atomic mass is 16.5. The Balaban J connectivity index is 1.66. The molecule has 0 unspecified atom stereocenters. The molecule has 0 saturated carbocycles. The Morgan fingerprint density at radius 2 is 2.11 bits per heavy atom. The molecule has 0 bridgehead atoms. The third-order valence-corrected chi connectivity index (χ3v) is 2.89. The lowest BCUT2D eigenvalue weighted by molar-refractivity contribution is 0.313. The zero-order valence-corrected chi connectivity index (χ0v) is 11.3.